The van der Waals surface area contributed by atoms with Crippen LogP contribution in [0.15, 0.2) is 287 Å². The van der Waals surface area contributed by atoms with E-state index in [0.717, 1.165) is 203 Å². The third-order valence-corrected chi connectivity index (χ3v) is 26.5. The Morgan fingerprint density at radius 1 is 0.315 bits per heavy atom. The van der Waals surface area contributed by atoms with Crippen LogP contribution in [0.5, 0.6) is 0 Å². The first-order valence-corrected chi connectivity index (χ1v) is 44.0. The highest BCUT2D eigenvalue weighted by Crippen LogP contribution is 2.48. The number of aliphatic hydroxyl groups excluding tert-OH is 1. The molecule has 2 amide bonds. The lowest BCUT2D eigenvalue weighted by Gasteiger charge is -2.34. The minimum Gasteiger partial charge on any atom is -0.396 e. The molecule has 26 nitrogen and oxygen atoms in total. The second kappa shape index (κ2) is 34.3. The Labute approximate surface area is 746 Å². The summed E-state index contributed by atoms with van der Waals surface area (Å²) in [5.74, 6) is 2.35. The predicted octanol–water partition coefficient (Wildman–Crippen LogP) is 19.3. The van der Waals surface area contributed by atoms with Crippen LogP contribution in [-0.4, -0.2) is 107 Å². The summed E-state index contributed by atoms with van der Waals surface area (Å²) in [7, 11) is 0. The SMILES string of the molecule is NC(=O)C1CC(n2cc(-c3ccc4ccc(-c5ccccc5)nc4c3)c3c(N)ncnc32)C1.NC(=O)C1CC(n2cc(-c3ccc4ccc(-c5ccccc5)nc4c3)c3c(N)ncnc32)C1.Nc1ncnc2c1c(-c1ccc3ccc(-c4ccccc4)nc3c1)cn2C1CCC(CO)CC1.Nc1ncnc2c1c(-c1ccc3cnc(-c4ccccc4)nc3c1)cn2C1CCC1. The fourth-order valence-corrected chi connectivity index (χ4v) is 18.9. The van der Waals surface area contributed by atoms with Crippen LogP contribution in [0.4, 0.5) is 23.3 Å². The summed E-state index contributed by atoms with van der Waals surface area (Å²) >= 11 is 0. The summed E-state index contributed by atoms with van der Waals surface area (Å²) in [6.45, 7) is 0.272. The smallest absolute Gasteiger partial charge is 0.220 e. The normalized spacial score (nSPS) is 17.2. The Morgan fingerprint density at radius 3 is 0.931 bits per heavy atom. The predicted molar refractivity (Wildman–Crippen MR) is 513 cm³/mol. The monoisotopic (exact) mass is 1710 g/mol. The van der Waals surface area contributed by atoms with E-state index in [1.807, 2.05) is 103 Å². The minimum absolute atomic E-state index is 0.0867. The Morgan fingerprint density at radius 2 is 0.615 bits per heavy atom. The third kappa shape index (κ3) is 15.5. The summed E-state index contributed by atoms with van der Waals surface area (Å²) in [5.41, 5.74) is 58.4. The number of hydrogen-bond donors (Lipinski definition) is 7. The number of rotatable bonds is 15. The van der Waals surface area contributed by atoms with E-state index in [4.69, 9.17) is 54.3 Å². The molecule has 0 atom stereocenters. The van der Waals surface area contributed by atoms with Crippen molar-refractivity contribution in [2.24, 2.45) is 29.2 Å². The number of nitrogen functional groups attached to an aromatic ring is 4. The molecule has 20 aromatic rings. The summed E-state index contributed by atoms with van der Waals surface area (Å²) in [4.78, 5) is 82.4. The van der Waals surface area contributed by atoms with Crippen molar-refractivity contribution in [3.8, 4) is 89.7 Å². The number of nitrogens with zero attached hydrogens (tertiary/aromatic N) is 17. The van der Waals surface area contributed by atoms with Gasteiger partial charge < -0.3 is 57.8 Å². The number of anilines is 4. The van der Waals surface area contributed by atoms with Gasteiger partial charge in [0.2, 0.25) is 11.8 Å². The number of benzene rings is 8. The number of aliphatic hydroxyl groups is 1. The zero-order valence-corrected chi connectivity index (χ0v) is 71.0. The molecule has 4 aliphatic carbocycles. The van der Waals surface area contributed by atoms with Crippen LogP contribution in [0.2, 0.25) is 0 Å². The molecule has 0 radical (unpaired) electrons. The number of fused-ring (bicyclic) bond motifs is 8. The first-order chi connectivity index (χ1) is 63.6. The third-order valence-electron chi connectivity index (χ3n) is 26.5. The maximum atomic E-state index is 11.5. The van der Waals surface area contributed by atoms with E-state index in [-0.39, 0.29) is 42.3 Å². The highest BCUT2D eigenvalue weighted by molar-refractivity contribution is 6.06. The molecule has 4 saturated carbocycles. The van der Waals surface area contributed by atoms with Gasteiger partial charge in [0.05, 0.1) is 60.7 Å². The second-order valence-corrected chi connectivity index (χ2v) is 34.3. The molecule has 24 rings (SSSR count). The molecule has 26 heteroatoms. The van der Waals surface area contributed by atoms with Crippen molar-refractivity contribution in [2.75, 3.05) is 29.5 Å². The van der Waals surface area contributed by atoms with Crippen LogP contribution in [-0.2, 0) is 9.59 Å². The number of pyridine rings is 3. The van der Waals surface area contributed by atoms with E-state index in [0.29, 0.717) is 67.0 Å². The molecule has 8 aromatic carbocycles. The molecule has 0 saturated heterocycles. The maximum Gasteiger partial charge on any atom is 0.220 e. The lowest BCUT2D eigenvalue weighted by atomic mass is 9.79. The van der Waals surface area contributed by atoms with Gasteiger partial charge in [-0.15, -0.1) is 0 Å². The largest absolute Gasteiger partial charge is 0.396 e. The number of carbonyl (C=O) groups is 2. The highest BCUT2D eigenvalue weighted by atomic mass is 16.3. The fraction of sp³-hybridized carbons (Fsp3) is 0.183. The summed E-state index contributed by atoms with van der Waals surface area (Å²) < 4.78 is 8.76. The van der Waals surface area contributed by atoms with E-state index in [9.17, 15) is 14.7 Å². The van der Waals surface area contributed by atoms with Crippen LogP contribution in [0.1, 0.15) is 94.8 Å². The van der Waals surface area contributed by atoms with Crippen molar-refractivity contribution < 1.29 is 14.7 Å². The molecule has 4 fully saturated rings. The first-order valence-electron chi connectivity index (χ1n) is 44.0. The molecule has 0 aliphatic heterocycles. The van der Waals surface area contributed by atoms with E-state index in [1.165, 1.54) is 31.9 Å². The molecular weight excluding hydrogens is 1620 g/mol. The van der Waals surface area contributed by atoms with Gasteiger partial charge >= 0.3 is 0 Å². The maximum absolute atomic E-state index is 11.5. The first kappa shape index (κ1) is 81.0. The van der Waals surface area contributed by atoms with Gasteiger partial charge in [-0.3, -0.25) is 9.59 Å². The Hall–Kier alpha value is -16.1. The minimum atomic E-state index is -0.244. The van der Waals surface area contributed by atoms with Crippen molar-refractivity contribution in [3.63, 3.8) is 0 Å². The topological polar surface area (TPSA) is 398 Å². The quantitative estimate of drug-likeness (QED) is 0.0501. The van der Waals surface area contributed by atoms with Crippen molar-refractivity contribution >= 4 is 123 Å². The molecule has 12 aromatic heterocycles. The van der Waals surface area contributed by atoms with E-state index >= 15 is 0 Å². The van der Waals surface area contributed by atoms with Crippen LogP contribution in [0.3, 0.4) is 0 Å². The highest BCUT2D eigenvalue weighted by Gasteiger charge is 2.38. The van der Waals surface area contributed by atoms with Crippen LogP contribution in [0.25, 0.3) is 177 Å². The Bertz CT molecular complexity index is 7480. The molecular formula is C104H91N23O3. The van der Waals surface area contributed by atoms with Crippen LogP contribution < -0.4 is 34.4 Å². The van der Waals surface area contributed by atoms with Gasteiger partial charge in [-0.05, 0) is 141 Å². The van der Waals surface area contributed by atoms with Gasteiger partial charge in [-0.1, -0.05) is 188 Å². The van der Waals surface area contributed by atoms with Gasteiger partial charge in [0.15, 0.2) is 5.82 Å². The number of hydrogen-bond acceptors (Lipinski definition) is 20. The zero-order chi connectivity index (χ0) is 88.2. The van der Waals surface area contributed by atoms with Crippen molar-refractivity contribution in [2.45, 2.75) is 94.8 Å². The number of amides is 2. The van der Waals surface area contributed by atoms with Gasteiger partial charge in [0, 0.05) is 140 Å². The molecule has 4 aliphatic rings. The Kier molecular flexibility index (Phi) is 21.4. The molecule has 0 spiro atoms. The summed E-state index contributed by atoms with van der Waals surface area (Å²) in [5, 5.41) is 17.2. The average Bonchev–Trinajstić information content (AvgIpc) is 1.61. The van der Waals surface area contributed by atoms with Crippen molar-refractivity contribution in [3.05, 3.63) is 287 Å². The number of primary amides is 2. The van der Waals surface area contributed by atoms with Gasteiger partial charge in [-0.25, -0.2) is 64.8 Å². The van der Waals surface area contributed by atoms with Crippen LogP contribution in [0, 0.1) is 17.8 Å². The molecule has 640 valence electrons. The molecule has 130 heavy (non-hydrogen) atoms. The van der Waals surface area contributed by atoms with Crippen molar-refractivity contribution in [1.29, 1.82) is 0 Å². The lowest BCUT2D eigenvalue weighted by Crippen LogP contribution is -2.36. The van der Waals surface area contributed by atoms with Gasteiger partial charge in [0.1, 0.15) is 71.2 Å². The number of carbonyl (C=O) groups excluding carboxylic acids is 2. The van der Waals surface area contributed by atoms with E-state index in [2.05, 4.69) is 221 Å². The van der Waals surface area contributed by atoms with Crippen LogP contribution >= 0.6 is 0 Å². The lowest BCUT2D eigenvalue weighted by molar-refractivity contribution is -0.126. The summed E-state index contributed by atoms with van der Waals surface area (Å²) in [6.07, 6.45) is 27.0. The molecule has 0 bridgehead atoms. The average molecular weight is 1710 g/mol. The number of nitrogens with two attached hydrogens (primary N) is 6. The second-order valence-electron chi connectivity index (χ2n) is 34.3. The van der Waals surface area contributed by atoms with Gasteiger partial charge in [-0.2, -0.15) is 0 Å². The Balaban J connectivity index is 0.000000105. The molecule has 13 N–H and O–H groups in total. The van der Waals surface area contributed by atoms with Gasteiger partial charge in [0.25, 0.3) is 0 Å². The molecule has 0 unspecified atom stereocenters. The van der Waals surface area contributed by atoms with Crippen molar-refractivity contribution in [1.82, 2.24) is 83.1 Å². The van der Waals surface area contributed by atoms with E-state index < -0.39 is 0 Å². The zero-order valence-electron chi connectivity index (χ0n) is 71.0. The standard InChI is InChI=1S/C28H27N5O.2C26H22N6O.C24H20N6/c29-27-26-23(15-33(28(26)31-17-30-27)22-11-6-18(16-34)7-12-22)21-9-8-20-10-13-24(32-25(20)14-21)19-4-2-1-3-5-19;2*27-24-23-20(13-32(26(23)30-14-29-24)19-10-18(11-19)25(28)33)17-7-6-16-8-9-21(31-22(16)12-17)15-4-2-1-3-5-15;25-22-21-19(13-30(18-7-4-8-18)24(21)28-14-27-22)16-9-10-17-12-26-23(29-20(17)11-16)15-5-2-1-3-6-15/h1-5,8-10,13-15,17-18,22,34H,6-7,11-12,16H2,(H2,29,30,31);2*1-9,12-14,18-19H,10-11H2,(H2,28,33)(H2,27,29,30);1-3,5-6,9-14,18H,4,7-8H2,(H2,25,27,28). The summed E-state index contributed by atoms with van der Waals surface area (Å²) in [6, 6.07) is 79.3. The number of aromatic nitrogens is 17. The van der Waals surface area contributed by atoms with E-state index in [1.54, 1.807) is 12.7 Å². The molecule has 12 heterocycles. The fourth-order valence-electron chi connectivity index (χ4n) is 18.9.